The quantitative estimate of drug-likeness (QED) is 0.642. The predicted molar refractivity (Wildman–Crippen MR) is 97.6 cm³/mol. The molecular weight excluding hydrogens is 400 g/mol. The van der Waals surface area contributed by atoms with Crippen LogP contribution >= 0.6 is 15.9 Å². The van der Waals surface area contributed by atoms with Gasteiger partial charge in [0.1, 0.15) is 11.3 Å². The van der Waals surface area contributed by atoms with Gasteiger partial charge < -0.3 is 4.74 Å². The van der Waals surface area contributed by atoms with Crippen LogP contribution in [0.25, 0.3) is 0 Å². The molecule has 0 aliphatic heterocycles. The van der Waals surface area contributed by atoms with Crippen molar-refractivity contribution in [2.45, 2.75) is 0 Å². The third-order valence-electron chi connectivity index (χ3n) is 3.24. The van der Waals surface area contributed by atoms with Crippen molar-refractivity contribution in [3.05, 3.63) is 82.7 Å². The number of rotatable bonds is 4. The Balaban J connectivity index is 1.71. The average molecular weight is 413 g/mol. The van der Waals surface area contributed by atoms with E-state index < -0.39 is 11.8 Å². The van der Waals surface area contributed by atoms with Gasteiger partial charge in [-0.2, -0.15) is 0 Å². The number of halogens is 1. The Morgan fingerprint density at radius 1 is 0.962 bits per heavy atom. The molecule has 0 saturated carbocycles. The summed E-state index contributed by atoms with van der Waals surface area (Å²) in [6.07, 6.45) is 4.46. The highest BCUT2D eigenvalue weighted by Crippen LogP contribution is 2.25. The van der Waals surface area contributed by atoms with Gasteiger partial charge in [0.2, 0.25) is 5.88 Å². The summed E-state index contributed by atoms with van der Waals surface area (Å²) < 4.78 is 6.51. The minimum absolute atomic E-state index is 0.124. The van der Waals surface area contributed by atoms with E-state index in [2.05, 4.69) is 36.7 Å². The minimum Gasteiger partial charge on any atom is -0.438 e. The number of nitrogens with one attached hydrogen (secondary N) is 2. The van der Waals surface area contributed by atoms with Crippen molar-refractivity contribution in [1.82, 2.24) is 20.8 Å². The van der Waals surface area contributed by atoms with Crippen LogP contribution < -0.4 is 15.6 Å². The number of carbonyl (C=O) groups excluding carboxylic acids is 2. The Hall–Kier alpha value is -3.26. The standard InChI is InChI=1S/C18H13BrN4O3/c19-13-5-1-6-14(10-13)26-18-15(7-3-9-21-18)17(25)23-22-16(24)12-4-2-8-20-11-12/h1-11H,(H,22,24)(H,23,25). The highest BCUT2D eigenvalue weighted by molar-refractivity contribution is 9.10. The molecule has 130 valence electrons. The summed E-state index contributed by atoms with van der Waals surface area (Å²) in [5.74, 6) is -0.393. The van der Waals surface area contributed by atoms with Crippen LogP contribution in [-0.2, 0) is 0 Å². The molecule has 26 heavy (non-hydrogen) atoms. The van der Waals surface area contributed by atoms with Crippen LogP contribution in [0.1, 0.15) is 20.7 Å². The largest absolute Gasteiger partial charge is 0.438 e. The summed E-state index contributed by atoms with van der Waals surface area (Å²) in [5.41, 5.74) is 5.17. The maximum atomic E-state index is 12.4. The highest BCUT2D eigenvalue weighted by Gasteiger charge is 2.15. The molecule has 8 heteroatoms. The fraction of sp³-hybridized carbons (Fsp3) is 0. The molecule has 0 atom stereocenters. The number of pyridine rings is 2. The summed E-state index contributed by atoms with van der Waals surface area (Å²) in [4.78, 5) is 32.3. The zero-order chi connectivity index (χ0) is 18.4. The molecule has 0 radical (unpaired) electrons. The number of hydrogen-bond donors (Lipinski definition) is 2. The van der Waals surface area contributed by atoms with Crippen LogP contribution in [0.4, 0.5) is 0 Å². The molecule has 1 aromatic carbocycles. The average Bonchev–Trinajstić information content (AvgIpc) is 2.67. The lowest BCUT2D eigenvalue weighted by Gasteiger charge is -2.11. The van der Waals surface area contributed by atoms with Gasteiger partial charge in [0.25, 0.3) is 11.8 Å². The summed E-state index contributed by atoms with van der Waals surface area (Å²) >= 11 is 3.35. The molecular formula is C18H13BrN4O3. The number of benzene rings is 1. The van der Waals surface area contributed by atoms with Gasteiger partial charge in [-0.1, -0.05) is 22.0 Å². The van der Waals surface area contributed by atoms with Gasteiger partial charge in [0.05, 0.1) is 5.56 Å². The van der Waals surface area contributed by atoms with Crippen molar-refractivity contribution >= 4 is 27.7 Å². The van der Waals surface area contributed by atoms with Crippen LogP contribution in [0.5, 0.6) is 11.6 Å². The number of carbonyl (C=O) groups is 2. The summed E-state index contributed by atoms with van der Waals surface area (Å²) in [6.45, 7) is 0. The topological polar surface area (TPSA) is 93.2 Å². The lowest BCUT2D eigenvalue weighted by Crippen LogP contribution is -2.41. The fourth-order valence-electron chi connectivity index (χ4n) is 2.04. The lowest BCUT2D eigenvalue weighted by atomic mass is 10.2. The van der Waals surface area contributed by atoms with Gasteiger partial charge in [-0.25, -0.2) is 4.98 Å². The number of aromatic nitrogens is 2. The molecule has 2 N–H and O–H groups in total. The van der Waals surface area contributed by atoms with Crippen LogP contribution in [0.3, 0.4) is 0 Å². The van der Waals surface area contributed by atoms with Crippen molar-refractivity contribution < 1.29 is 14.3 Å². The number of nitrogens with zero attached hydrogens (tertiary/aromatic N) is 2. The Morgan fingerprint density at radius 2 is 1.77 bits per heavy atom. The van der Waals surface area contributed by atoms with Crippen LogP contribution in [0, 0.1) is 0 Å². The summed E-state index contributed by atoms with van der Waals surface area (Å²) in [5, 5.41) is 0. The van der Waals surface area contributed by atoms with Crippen molar-refractivity contribution in [2.75, 3.05) is 0 Å². The Bertz CT molecular complexity index is 934. The Morgan fingerprint density at radius 3 is 2.54 bits per heavy atom. The van der Waals surface area contributed by atoms with Crippen molar-refractivity contribution in [1.29, 1.82) is 0 Å². The molecule has 0 fully saturated rings. The second-order valence-corrected chi connectivity index (χ2v) is 5.98. The maximum Gasteiger partial charge on any atom is 0.275 e. The molecule has 0 saturated heterocycles. The fourth-order valence-corrected chi connectivity index (χ4v) is 2.42. The van der Waals surface area contributed by atoms with E-state index in [4.69, 9.17) is 4.74 Å². The molecule has 0 spiro atoms. The normalized spacial score (nSPS) is 10.0. The monoisotopic (exact) mass is 412 g/mol. The highest BCUT2D eigenvalue weighted by atomic mass is 79.9. The minimum atomic E-state index is -0.555. The number of ether oxygens (including phenoxy) is 1. The zero-order valence-electron chi connectivity index (χ0n) is 13.3. The molecule has 3 aromatic rings. The van der Waals surface area contributed by atoms with Crippen molar-refractivity contribution in [2.24, 2.45) is 0 Å². The lowest BCUT2D eigenvalue weighted by molar-refractivity contribution is 0.0844. The molecule has 7 nitrogen and oxygen atoms in total. The maximum absolute atomic E-state index is 12.4. The summed E-state index contributed by atoms with van der Waals surface area (Å²) in [6, 6.07) is 13.5. The van der Waals surface area contributed by atoms with Gasteiger partial charge in [-0.3, -0.25) is 25.4 Å². The molecule has 3 rings (SSSR count). The van der Waals surface area contributed by atoms with E-state index in [1.807, 2.05) is 6.07 Å². The van der Waals surface area contributed by atoms with Crippen LogP contribution in [-0.4, -0.2) is 21.8 Å². The molecule has 0 aliphatic carbocycles. The third-order valence-corrected chi connectivity index (χ3v) is 3.73. The smallest absolute Gasteiger partial charge is 0.275 e. The zero-order valence-corrected chi connectivity index (χ0v) is 14.9. The molecule has 0 aliphatic rings. The van der Waals surface area contributed by atoms with E-state index in [-0.39, 0.29) is 11.4 Å². The summed E-state index contributed by atoms with van der Waals surface area (Å²) in [7, 11) is 0. The molecule has 2 heterocycles. The second kappa shape index (κ2) is 8.21. The van der Waals surface area contributed by atoms with Gasteiger partial charge >= 0.3 is 0 Å². The number of hydrazine groups is 1. The Kier molecular flexibility index (Phi) is 5.55. The van der Waals surface area contributed by atoms with Crippen LogP contribution in [0.15, 0.2) is 71.6 Å². The van der Waals surface area contributed by atoms with E-state index in [0.29, 0.717) is 11.3 Å². The van der Waals surface area contributed by atoms with Gasteiger partial charge in [0, 0.05) is 23.1 Å². The van der Waals surface area contributed by atoms with Gasteiger partial charge in [0.15, 0.2) is 0 Å². The van der Waals surface area contributed by atoms with Gasteiger partial charge in [-0.15, -0.1) is 0 Å². The van der Waals surface area contributed by atoms with Crippen LogP contribution in [0.2, 0.25) is 0 Å². The van der Waals surface area contributed by atoms with E-state index in [1.54, 1.807) is 48.7 Å². The molecule has 2 amide bonds. The Labute approximate surface area is 157 Å². The first kappa shape index (κ1) is 17.6. The first-order chi connectivity index (χ1) is 12.6. The first-order valence-electron chi connectivity index (χ1n) is 7.52. The van der Waals surface area contributed by atoms with E-state index >= 15 is 0 Å². The molecule has 0 bridgehead atoms. The van der Waals surface area contributed by atoms with E-state index in [9.17, 15) is 9.59 Å². The van der Waals surface area contributed by atoms with Crippen molar-refractivity contribution in [3.63, 3.8) is 0 Å². The van der Waals surface area contributed by atoms with E-state index in [0.717, 1.165) is 4.47 Å². The third kappa shape index (κ3) is 4.42. The molecule has 0 unspecified atom stereocenters. The van der Waals surface area contributed by atoms with Crippen molar-refractivity contribution in [3.8, 4) is 11.6 Å². The number of amides is 2. The number of hydrogen-bond acceptors (Lipinski definition) is 5. The SMILES string of the molecule is O=C(NNC(=O)c1cccnc1Oc1cccc(Br)c1)c1cccnc1. The van der Waals surface area contributed by atoms with E-state index in [1.165, 1.54) is 12.4 Å². The first-order valence-corrected chi connectivity index (χ1v) is 8.32. The molecule has 2 aromatic heterocycles. The van der Waals surface area contributed by atoms with Gasteiger partial charge in [-0.05, 0) is 42.5 Å². The predicted octanol–water partition coefficient (Wildman–Crippen LogP) is 3.11. The second-order valence-electron chi connectivity index (χ2n) is 5.07.